The lowest BCUT2D eigenvalue weighted by Gasteiger charge is -2.07. The molecule has 0 saturated carbocycles. The number of imidazole rings is 1. The maximum atomic E-state index is 11.2. The summed E-state index contributed by atoms with van der Waals surface area (Å²) < 4.78 is 6.71. The fraction of sp³-hybridized carbons (Fsp3) is 0.250. The van der Waals surface area contributed by atoms with E-state index in [2.05, 4.69) is 4.98 Å². The fourth-order valence-corrected chi connectivity index (χ4v) is 2.67. The summed E-state index contributed by atoms with van der Waals surface area (Å²) in [6.07, 6.45) is 1.54. The Labute approximate surface area is 119 Å². The van der Waals surface area contributed by atoms with Crippen LogP contribution in [-0.4, -0.2) is 26.7 Å². The quantitative estimate of drug-likeness (QED) is 0.670. The molecule has 2 aromatic rings. The lowest BCUT2D eigenvalue weighted by molar-refractivity contribution is -0.388. The van der Waals surface area contributed by atoms with Crippen molar-refractivity contribution in [3.63, 3.8) is 0 Å². The number of aliphatic hydroxyl groups excluding tert-OH is 1. The van der Waals surface area contributed by atoms with Crippen LogP contribution in [0.1, 0.15) is 5.69 Å². The Kier molecular flexibility index (Phi) is 4.26. The predicted octanol–water partition coefficient (Wildman–Crippen LogP) is 1.98. The fourth-order valence-electron chi connectivity index (χ4n) is 1.70. The third kappa shape index (κ3) is 2.61. The maximum absolute atomic E-state index is 11.2. The van der Waals surface area contributed by atoms with E-state index in [1.165, 1.54) is 13.3 Å². The van der Waals surface area contributed by atoms with Crippen molar-refractivity contribution in [2.45, 2.75) is 16.7 Å². The van der Waals surface area contributed by atoms with Crippen molar-refractivity contribution in [3.8, 4) is 5.75 Å². The van der Waals surface area contributed by atoms with Gasteiger partial charge in [0, 0.05) is 7.05 Å². The van der Waals surface area contributed by atoms with E-state index in [1.807, 2.05) is 0 Å². The van der Waals surface area contributed by atoms with E-state index in [1.54, 1.807) is 29.8 Å². The molecule has 0 atom stereocenters. The summed E-state index contributed by atoms with van der Waals surface area (Å²) in [5.41, 5.74) is 0.548. The van der Waals surface area contributed by atoms with Crippen molar-refractivity contribution < 1.29 is 14.8 Å². The number of para-hydroxylation sites is 1. The van der Waals surface area contributed by atoms with Gasteiger partial charge in [0.2, 0.25) is 0 Å². The average Bonchev–Trinajstić information content (AvgIpc) is 2.79. The average molecular weight is 295 g/mol. The number of aliphatic hydroxyl groups is 1. The Bertz CT molecular complexity index is 642. The minimum Gasteiger partial charge on any atom is -0.490 e. The van der Waals surface area contributed by atoms with Gasteiger partial charge in [-0.15, -0.1) is 0 Å². The van der Waals surface area contributed by atoms with Gasteiger partial charge in [-0.05, 0) is 23.9 Å². The molecule has 1 aromatic carbocycles. The molecule has 106 valence electrons. The van der Waals surface area contributed by atoms with Crippen LogP contribution in [0.5, 0.6) is 5.75 Å². The van der Waals surface area contributed by atoms with Gasteiger partial charge in [-0.1, -0.05) is 6.07 Å². The third-order valence-corrected chi connectivity index (χ3v) is 3.88. The van der Waals surface area contributed by atoms with Crippen LogP contribution < -0.4 is 4.74 Å². The zero-order chi connectivity index (χ0) is 14.7. The highest BCUT2D eigenvalue weighted by Crippen LogP contribution is 2.39. The van der Waals surface area contributed by atoms with Gasteiger partial charge in [-0.3, -0.25) is 10.1 Å². The van der Waals surface area contributed by atoms with Crippen molar-refractivity contribution >= 4 is 17.4 Å². The zero-order valence-electron chi connectivity index (χ0n) is 10.9. The molecule has 0 aliphatic carbocycles. The number of ether oxygens (including phenoxy) is 1. The zero-order valence-corrected chi connectivity index (χ0v) is 11.8. The molecule has 0 fully saturated rings. The number of methoxy groups -OCH3 is 1. The molecule has 0 radical (unpaired) electrons. The Balaban J connectivity index is 2.43. The van der Waals surface area contributed by atoms with Crippen LogP contribution >= 0.6 is 11.8 Å². The first-order chi connectivity index (χ1) is 9.58. The minimum absolute atomic E-state index is 0.0893. The molecule has 0 spiro atoms. The van der Waals surface area contributed by atoms with Crippen molar-refractivity contribution in [1.82, 2.24) is 9.55 Å². The highest BCUT2D eigenvalue weighted by Gasteiger charge is 2.22. The highest BCUT2D eigenvalue weighted by atomic mass is 32.2. The van der Waals surface area contributed by atoms with Gasteiger partial charge in [0.1, 0.15) is 0 Å². The number of nitro groups is 1. The lowest BCUT2D eigenvalue weighted by atomic mass is 10.3. The maximum Gasteiger partial charge on any atom is 0.324 e. The SMILES string of the molecule is COc1cccc(Sc2ncc(CO)n2C)c1[N+](=O)[O-]. The Morgan fingerprint density at radius 2 is 2.30 bits per heavy atom. The molecular formula is C12H13N3O4S. The molecule has 0 saturated heterocycles. The van der Waals surface area contributed by atoms with E-state index >= 15 is 0 Å². The van der Waals surface area contributed by atoms with Gasteiger partial charge < -0.3 is 14.4 Å². The van der Waals surface area contributed by atoms with Crippen molar-refractivity contribution in [3.05, 3.63) is 40.2 Å². The third-order valence-electron chi connectivity index (χ3n) is 2.77. The number of hydrogen-bond acceptors (Lipinski definition) is 6. The van der Waals surface area contributed by atoms with E-state index < -0.39 is 4.92 Å². The van der Waals surface area contributed by atoms with Crippen molar-refractivity contribution in [1.29, 1.82) is 0 Å². The molecule has 1 N–H and O–H groups in total. The molecule has 7 nitrogen and oxygen atoms in total. The van der Waals surface area contributed by atoms with E-state index in [9.17, 15) is 10.1 Å². The molecule has 2 rings (SSSR count). The largest absolute Gasteiger partial charge is 0.490 e. The topological polar surface area (TPSA) is 90.4 Å². The highest BCUT2D eigenvalue weighted by molar-refractivity contribution is 7.99. The molecule has 8 heteroatoms. The summed E-state index contributed by atoms with van der Waals surface area (Å²) in [7, 11) is 3.13. The van der Waals surface area contributed by atoms with Crippen LogP contribution in [-0.2, 0) is 13.7 Å². The number of nitro benzene ring substituents is 1. The summed E-state index contributed by atoms with van der Waals surface area (Å²) in [4.78, 5) is 15.3. The number of nitrogens with zero attached hydrogens (tertiary/aromatic N) is 3. The second kappa shape index (κ2) is 5.93. The molecular weight excluding hydrogens is 282 g/mol. The van der Waals surface area contributed by atoms with E-state index in [0.717, 1.165) is 11.8 Å². The van der Waals surface area contributed by atoms with Gasteiger partial charge in [0.05, 0.1) is 35.4 Å². The van der Waals surface area contributed by atoms with Crippen LogP contribution in [0.3, 0.4) is 0 Å². The van der Waals surface area contributed by atoms with Gasteiger partial charge in [-0.25, -0.2) is 4.98 Å². The van der Waals surface area contributed by atoms with Gasteiger partial charge in [-0.2, -0.15) is 0 Å². The molecule has 20 heavy (non-hydrogen) atoms. The summed E-state index contributed by atoms with van der Waals surface area (Å²) in [5, 5.41) is 20.9. The van der Waals surface area contributed by atoms with Gasteiger partial charge in [0.15, 0.2) is 10.9 Å². The van der Waals surface area contributed by atoms with Crippen LogP contribution in [0.2, 0.25) is 0 Å². The van der Waals surface area contributed by atoms with Crippen LogP contribution in [0.4, 0.5) is 5.69 Å². The van der Waals surface area contributed by atoms with Gasteiger partial charge >= 0.3 is 5.69 Å². The molecule has 0 aliphatic rings. The second-order valence-corrected chi connectivity index (χ2v) is 4.92. The first kappa shape index (κ1) is 14.4. The van der Waals surface area contributed by atoms with E-state index in [4.69, 9.17) is 9.84 Å². The summed E-state index contributed by atoms with van der Waals surface area (Å²) in [6, 6.07) is 4.86. The minimum atomic E-state index is -0.475. The number of aromatic nitrogens is 2. The van der Waals surface area contributed by atoms with Crippen molar-refractivity contribution in [2.75, 3.05) is 7.11 Å². The summed E-state index contributed by atoms with van der Waals surface area (Å²) in [6.45, 7) is -0.135. The normalized spacial score (nSPS) is 10.6. The van der Waals surface area contributed by atoms with Crippen LogP contribution in [0, 0.1) is 10.1 Å². The van der Waals surface area contributed by atoms with E-state index in [0.29, 0.717) is 15.7 Å². The smallest absolute Gasteiger partial charge is 0.324 e. The summed E-state index contributed by atoms with van der Waals surface area (Å²) >= 11 is 1.15. The van der Waals surface area contributed by atoms with Gasteiger partial charge in [0.25, 0.3) is 0 Å². The molecule has 0 unspecified atom stereocenters. The number of hydrogen-bond donors (Lipinski definition) is 1. The van der Waals surface area contributed by atoms with Crippen LogP contribution in [0.25, 0.3) is 0 Å². The molecule has 1 aromatic heterocycles. The first-order valence-corrected chi connectivity index (χ1v) is 6.50. The molecule has 0 aliphatic heterocycles. The summed E-state index contributed by atoms with van der Waals surface area (Å²) in [5.74, 6) is 0.205. The molecule has 0 bridgehead atoms. The standard InChI is InChI=1S/C12H13N3O4S/c1-14-8(7-16)6-13-12(14)20-10-5-3-4-9(19-2)11(10)15(17)18/h3-6,16H,7H2,1-2H3. The monoisotopic (exact) mass is 295 g/mol. The number of benzene rings is 1. The molecule has 0 amide bonds. The van der Waals surface area contributed by atoms with E-state index in [-0.39, 0.29) is 18.0 Å². The molecule has 1 heterocycles. The Hall–Kier alpha value is -2.06. The lowest BCUT2D eigenvalue weighted by Crippen LogP contribution is -1.99. The van der Waals surface area contributed by atoms with Crippen molar-refractivity contribution in [2.24, 2.45) is 7.05 Å². The van der Waals surface area contributed by atoms with Crippen LogP contribution in [0.15, 0.2) is 34.4 Å². The Morgan fingerprint density at radius 3 is 2.85 bits per heavy atom. The predicted molar refractivity (Wildman–Crippen MR) is 72.9 cm³/mol. The first-order valence-electron chi connectivity index (χ1n) is 5.69. The second-order valence-electron chi connectivity index (χ2n) is 3.92. The Morgan fingerprint density at radius 1 is 1.55 bits per heavy atom. The number of rotatable bonds is 5.